The number of likely N-dealkylation sites (tertiary alicyclic amines) is 1. The molecule has 0 saturated carbocycles. The Labute approximate surface area is 210 Å². The van der Waals surface area contributed by atoms with Gasteiger partial charge in [-0.05, 0) is 66.4 Å². The largest absolute Gasteiger partial charge is 0.508 e. The maximum absolute atomic E-state index is 13.1. The number of aliphatic hydroxyl groups excluding tert-OH is 1. The van der Waals surface area contributed by atoms with Crippen molar-refractivity contribution in [2.24, 2.45) is 0 Å². The third kappa shape index (κ3) is 5.26. The number of aliphatic hydroxyl groups is 1. The maximum Gasteiger partial charge on any atom is 0.295 e. The summed E-state index contributed by atoms with van der Waals surface area (Å²) in [6, 6.07) is 20.2. The fourth-order valence-electron chi connectivity index (χ4n) is 4.29. The number of nitrogens with zero attached hydrogens (tertiary/aromatic N) is 1. The van der Waals surface area contributed by atoms with Crippen LogP contribution in [0.4, 0.5) is 0 Å². The molecule has 0 radical (unpaired) electrons. The number of phenols is 1. The highest BCUT2D eigenvalue weighted by Gasteiger charge is 2.45. The molecule has 0 bridgehead atoms. The molecule has 36 heavy (non-hydrogen) atoms. The van der Waals surface area contributed by atoms with Gasteiger partial charge in [0.05, 0.1) is 11.6 Å². The summed E-state index contributed by atoms with van der Waals surface area (Å²) in [7, 11) is 1.57. The van der Waals surface area contributed by atoms with Crippen LogP contribution in [0, 0.1) is 6.92 Å². The minimum Gasteiger partial charge on any atom is -0.508 e. The first-order valence-electron chi connectivity index (χ1n) is 11.7. The van der Waals surface area contributed by atoms with Crippen LogP contribution in [0.5, 0.6) is 11.5 Å². The van der Waals surface area contributed by atoms with Gasteiger partial charge in [0.15, 0.2) is 0 Å². The third-order valence-electron chi connectivity index (χ3n) is 6.28. The van der Waals surface area contributed by atoms with E-state index in [1.165, 1.54) is 17.0 Å². The van der Waals surface area contributed by atoms with Gasteiger partial charge in [-0.2, -0.15) is 0 Å². The van der Waals surface area contributed by atoms with Crippen LogP contribution in [-0.2, 0) is 20.9 Å². The molecule has 1 saturated heterocycles. The van der Waals surface area contributed by atoms with E-state index >= 15 is 0 Å². The molecule has 0 aliphatic carbocycles. The fraction of sp³-hybridized carbons (Fsp3) is 0.241. The van der Waals surface area contributed by atoms with Crippen molar-refractivity contribution in [1.82, 2.24) is 4.90 Å². The second-order valence-electron chi connectivity index (χ2n) is 8.67. The molecule has 7 nitrogen and oxygen atoms in total. The number of aromatic hydroxyl groups is 1. The Morgan fingerprint density at radius 1 is 0.972 bits per heavy atom. The Morgan fingerprint density at radius 3 is 2.33 bits per heavy atom. The maximum atomic E-state index is 13.1. The fourth-order valence-corrected chi connectivity index (χ4v) is 4.29. The second-order valence-corrected chi connectivity index (χ2v) is 8.67. The van der Waals surface area contributed by atoms with E-state index in [1.807, 2.05) is 31.2 Å². The molecule has 1 aliphatic heterocycles. The van der Waals surface area contributed by atoms with Gasteiger partial charge in [0.1, 0.15) is 23.9 Å². The predicted octanol–water partition coefficient (Wildman–Crippen LogP) is 4.74. The Kier molecular flexibility index (Phi) is 7.71. The van der Waals surface area contributed by atoms with Gasteiger partial charge >= 0.3 is 0 Å². The highest BCUT2D eigenvalue weighted by molar-refractivity contribution is 6.46. The van der Waals surface area contributed by atoms with E-state index in [0.29, 0.717) is 36.5 Å². The smallest absolute Gasteiger partial charge is 0.295 e. The zero-order valence-corrected chi connectivity index (χ0v) is 20.3. The molecule has 1 unspecified atom stereocenters. The van der Waals surface area contributed by atoms with Crippen molar-refractivity contribution >= 4 is 17.4 Å². The standard InChI is InChI=1S/C29H29NO6/c1-19-6-3-4-7-22(19)18-36-24-14-10-21(11-15-24)27(32)25-26(20-8-12-23(31)13-9-20)30(16-5-17-35-2)29(34)28(25)33/h3-4,6-15,26,31-32H,5,16-18H2,1-2H3. The first-order chi connectivity index (χ1) is 17.4. The number of carbonyl (C=O) groups excluding carboxylic acids is 2. The number of benzene rings is 3. The topological polar surface area (TPSA) is 96.3 Å². The molecule has 2 N–H and O–H groups in total. The highest BCUT2D eigenvalue weighted by atomic mass is 16.5. The number of carbonyl (C=O) groups is 2. The monoisotopic (exact) mass is 487 g/mol. The molecule has 0 aromatic heterocycles. The minimum absolute atomic E-state index is 0.0108. The van der Waals surface area contributed by atoms with E-state index in [1.54, 1.807) is 43.5 Å². The van der Waals surface area contributed by atoms with Crippen LogP contribution in [0.25, 0.3) is 5.76 Å². The van der Waals surface area contributed by atoms with Gasteiger partial charge in [-0.15, -0.1) is 0 Å². The van der Waals surface area contributed by atoms with Crippen molar-refractivity contribution in [3.63, 3.8) is 0 Å². The van der Waals surface area contributed by atoms with Crippen molar-refractivity contribution in [1.29, 1.82) is 0 Å². The number of hydrogen-bond acceptors (Lipinski definition) is 6. The molecule has 1 atom stereocenters. The number of ether oxygens (including phenoxy) is 2. The number of Topliss-reactive ketones (excluding diaryl/α,β-unsaturated/α-hetero) is 1. The first-order valence-corrected chi connectivity index (χ1v) is 11.7. The van der Waals surface area contributed by atoms with E-state index in [-0.39, 0.29) is 23.6 Å². The quantitative estimate of drug-likeness (QED) is 0.196. The van der Waals surface area contributed by atoms with Crippen LogP contribution in [0.2, 0.25) is 0 Å². The Morgan fingerprint density at radius 2 is 1.67 bits per heavy atom. The van der Waals surface area contributed by atoms with Gasteiger partial charge in [-0.1, -0.05) is 36.4 Å². The van der Waals surface area contributed by atoms with E-state index in [2.05, 4.69) is 0 Å². The number of methoxy groups -OCH3 is 1. The van der Waals surface area contributed by atoms with Crippen molar-refractivity contribution in [2.45, 2.75) is 26.0 Å². The van der Waals surface area contributed by atoms with Crippen LogP contribution < -0.4 is 4.74 Å². The normalized spacial score (nSPS) is 16.9. The van der Waals surface area contributed by atoms with Crippen LogP contribution in [0.15, 0.2) is 78.4 Å². The zero-order valence-electron chi connectivity index (χ0n) is 20.3. The molecule has 186 valence electrons. The summed E-state index contributed by atoms with van der Waals surface area (Å²) in [5, 5.41) is 20.9. The summed E-state index contributed by atoms with van der Waals surface area (Å²) < 4.78 is 11.0. The van der Waals surface area contributed by atoms with Gasteiger partial charge in [-0.3, -0.25) is 9.59 Å². The van der Waals surface area contributed by atoms with Crippen LogP contribution in [0.3, 0.4) is 0 Å². The Balaban J connectivity index is 1.63. The molecule has 7 heteroatoms. The number of hydrogen-bond donors (Lipinski definition) is 2. The average Bonchev–Trinajstić information content (AvgIpc) is 3.14. The van der Waals surface area contributed by atoms with Crippen molar-refractivity contribution < 1.29 is 29.3 Å². The van der Waals surface area contributed by atoms with Crippen LogP contribution in [0.1, 0.15) is 34.7 Å². The highest BCUT2D eigenvalue weighted by Crippen LogP contribution is 2.40. The number of amides is 1. The summed E-state index contributed by atoms with van der Waals surface area (Å²) in [5.41, 5.74) is 3.24. The molecule has 0 spiro atoms. The van der Waals surface area contributed by atoms with Crippen molar-refractivity contribution in [3.05, 3.63) is 101 Å². The lowest BCUT2D eigenvalue weighted by molar-refractivity contribution is -0.140. The summed E-state index contributed by atoms with van der Waals surface area (Å²) >= 11 is 0. The van der Waals surface area contributed by atoms with Crippen LogP contribution in [-0.4, -0.2) is 47.1 Å². The lowest BCUT2D eigenvalue weighted by Gasteiger charge is -2.25. The zero-order chi connectivity index (χ0) is 25.7. The Bertz CT molecular complexity index is 1260. The first kappa shape index (κ1) is 25.0. The van der Waals surface area contributed by atoms with Gasteiger partial charge in [0.2, 0.25) is 0 Å². The van der Waals surface area contributed by atoms with E-state index in [0.717, 1.165) is 11.1 Å². The van der Waals surface area contributed by atoms with Gasteiger partial charge < -0.3 is 24.6 Å². The average molecular weight is 488 g/mol. The SMILES string of the molecule is COCCCN1C(=O)C(=O)C(=C(O)c2ccc(OCc3ccccc3C)cc2)C1c1ccc(O)cc1. The molecule has 1 amide bonds. The van der Waals surface area contributed by atoms with Crippen LogP contribution >= 0.6 is 0 Å². The third-order valence-corrected chi connectivity index (χ3v) is 6.28. The summed E-state index contributed by atoms with van der Waals surface area (Å²) in [6.45, 7) is 3.14. The van der Waals surface area contributed by atoms with Gasteiger partial charge in [-0.25, -0.2) is 0 Å². The molecule has 1 fully saturated rings. The lowest BCUT2D eigenvalue weighted by atomic mass is 9.95. The number of rotatable bonds is 9. The van der Waals surface area contributed by atoms with E-state index in [9.17, 15) is 19.8 Å². The molecular formula is C29H29NO6. The van der Waals surface area contributed by atoms with Gasteiger partial charge in [0, 0.05) is 25.8 Å². The predicted molar refractivity (Wildman–Crippen MR) is 136 cm³/mol. The molecule has 3 aromatic carbocycles. The summed E-state index contributed by atoms with van der Waals surface area (Å²) in [5.74, 6) is -1.00. The van der Waals surface area contributed by atoms with Crippen molar-refractivity contribution in [3.8, 4) is 11.5 Å². The minimum atomic E-state index is -0.778. The van der Waals surface area contributed by atoms with Crippen molar-refractivity contribution in [2.75, 3.05) is 20.3 Å². The lowest BCUT2D eigenvalue weighted by Crippen LogP contribution is -2.31. The molecule has 1 aliphatic rings. The second kappa shape index (κ2) is 11.1. The Hall–Kier alpha value is -4.10. The van der Waals surface area contributed by atoms with Gasteiger partial charge in [0.25, 0.3) is 11.7 Å². The molecule has 3 aromatic rings. The number of ketones is 1. The molecule has 1 heterocycles. The number of aryl methyl sites for hydroxylation is 1. The van der Waals surface area contributed by atoms with E-state index < -0.39 is 17.7 Å². The number of phenolic OH excluding ortho intramolecular Hbond substituents is 1. The summed E-state index contributed by atoms with van der Waals surface area (Å²) in [6.07, 6.45) is 0.533. The molecule has 4 rings (SSSR count). The van der Waals surface area contributed by atoms with E-state index in [4.69, 9.17) is 9.47 Å². The summed E-state index contributed by atoms with van der Waals surface area (Å²) in [4.78, 5) is 27.4. The molecular weight excluding hydrogens is 458 g/mol.